The van der Waals surface area contributed by atoms with Gasteiger partial charge in [-0.3, -0.25) is 0 Å². The number of benzene rings is 2. The van der Waals surface area contributed by atoms with Crippen LogP contribution in [0.25, 0.3) is 6.08 Å². The number of hydrogen-bond acceptors (Lipinski definition) is 7. The molecule has 0 bridgehead atoms. The molecule has 0 amide bonds. The van der Waals surface area contributed by atoms with Gasteiger partial charge < -0.3 is 18.9 Å². The molecule has 0 saturated heterocycles. The predicted molar refractivity (Wildman–Crippen MR) is 105 cm³/mol. The monoisotopic (exact) mass is 445 g/mol. The zero-order chi connectivity index (χ0) is 20.1. The van der Waals surface area contributed by atoms with Gasteiger partial charge in [0.2, 0.25) is 5.90 Å². The first-order chi connectivity index (χ1) is 13.5. The van der Waals surface area contributed by atoms with E-state index in [2.05, 4.69) is 20.9 Å². The second-order valence-corrected chi connectivity index (χ2v) is 6.46. The highest BCUT2D eigenvalue weighted by Crippen LogP contribution is 2.30. The van der Waals surface area contributed by atoms with E-state index in [1.54, 1.807) is 43.3 Å². The summed E-state index contributed by atoms with van der Waals surface area (Å²) in [6.45, 7) is 1.88. The molecule has 0 radical (unpaired) electrons. The first-order valence-electron chi connectivity index (χ1n) is 8.31. The minimum atomic E-state index is -0.825. The number of esters is 1. The van der Waals surface area contributed by atoms with Crippen LogP contribution in [0.3, 0.4) is 0 Å². The summed E-state index contributed by atoms with van der Waals surface area (Å²) in [7, 11) is 1.44. The number of hydrogen-bond donors (Lipinski definition) is 0. The van der Waals surface area contributed by atoms with Crippen molar-refractivity contribution in [2.75, 3.05) is 13.7 Å². The van der Waals surface area contributed by atoms with Gasteiger partial charge in [0.05, 0.1) is 13.7 Å². The number of carbonyl (C=O) groups is 2. The Hall–Kier alpha value is -3.13. The molecule has 1 aliphatic heterocycles. The Balaban J connectivity index is 1.86. The lowest BCUT2D eigenvalue weighted by Gasteiger charge is -2.09. The Kier molecular flexibility index (Phi) is 6.10. The lowest BCUT2D eigenvalue weighted by Crippen LogP contribution is -2.10. The molecular weight excluding hydrogens is 430 g/mol. The molecule has 0 aliphatic carbocycles. The van der Waals surface area contributed by atoms with Gasteiger partial charge in [-0.15, -0.1) is 0 Å². The summed E-state index contributed by atoms with van der Waals surface area (Å²) >= 11 is 3.37. The highest BCUT2D eigenvalue weighted by atomic mass is 79.9. The molecular formula is C20H16BrNO6. The van der Waals surface area contributed by atoms with Crippen molar-refractivity contribution < 1.29 is 28.5 Å². The van der Waals surface area contributed by atoms with Crippen LogP contribution >= 0.6 is 15.9 Å². The van der Waals surface area contributed by atoms with E-state index in [-0.39, 0.29) is 24.0 Å². The van der Waals surface area contributed by atoms with Crippen molar-refractivity contribution >= 4 is 40.0 Å². The highest BCUT2D eigenvalue weighted by molar-refractivity contribution is 9.10. The van der Waals surface area contributed by atoms with E-state index >= 15 is 0 Å². The van der Waals surface area contributed by atoms with Crippen molar-refractivity contribution in [3.63, 3.8) is 0 Å². The molecule has 3 rings (SSSR count). The van der Waals surface area contributed by atoms with Gasteiger partial charge >= 0.3 is 12.1 Å². The van der Waals surface area contributed by atoms with Crippen molar-refractivity contribution in [3.05, 3.63) is 63.8 Å². The number of methoxy groups -OCH3 is 1. The van der Waals surface area contributed by atoms with E-state index in [0.717, 1.165) is 4.47 Å². The van der Waals surface area contributed by atoms with Crippen LogP contribution in [0.15, 0.2) is 57.6 Å². The molecule has 1 aliphatic rings. The summed E-state index contributed by atoms with van der Waals surface area (Å²) in [5.41, 5.74) is 1.46. The van der Waals surface area contributed by atoms with Crippen LogP contribution in [0.5, 0.6) is 11.5 Å². The molecule has 0 N–H and O–H groups in total. The van der Waals surface area contributed by atoms with E-state index < -0.39 is 12.1 Å². The van der Waals surface area contributed by atoms with Crippen molar-refractivity contribution in [2.45, 2.75) is 6.92 Å². The smallest absolute Gasteiger partial charge is 0.493 e. The predicted octanol–water partition coefficient (Wildman–Crippen LogP) is 4.34. The highest BCUT2D eigenvalue weighted by Gasteiger charge is 2.24. The summed E-state index contributed by atoms with van der Waals surface area (Å²) in [4.78, 5) is 27.9. The van der Waals surface area contributed by atoms with Crippen LogP contribution in [0.2, 0.25) is 0 Å². The van der Waals surface area contributed by atoms with Crippen LogP contribution < -0.4 is 9.47 Å². The first-order valence-corrected chi connectivity index (χ1v) is 9.10. The standard InChI is InChI=1S/C20H16BrNO6/c1-3-26-20(24)27-16-8-7-12(10-17(16)25-2)9-15-19(23)28-18(22-15)13-5-4-6-14(21)11-13/h4-11H,3H2,1-2H3. The maximum absolute atomic E-state index is 12.2. The maximum Gasteiger partial charge on any atom is 0.513 e. The van der Waals surface area contributed by atoms with Gasteiger partial charge in [-0.25, -0.2) is 14.6 Å². The molecule has 0 unspecified atom stereocenters. The lowest BCUT2D eigenvalue weighted by atomic mass is 10.1. The summed E-state index contributed by atoms with van der Waals surface area (Å²) in [6, 6.07) is 12.1. The summed E-state index contributed by atoms with van der Waals surface area (Å²) in [5.74, 6) is 0.188. The van der Waals surface area contributed by atoms with Crippen molar-refractivity contribution in [1.29, 1.82) is 0 Å². The molecule has 8 heteroatoms. The van der Waals surface area contributed by atoms with Crippen LogP contribution in [-0.4, -0.2) is 31.7 Å². The van der Waals surface area contributed by atoms with Gasteiger partial charge in [-0.2, -0.15) is 0 Å². The summed E-state index contributed by atoms with van der Waals surface area (Å²) < 4.78 is 21.2. The quantitative estimate of drug-likeness (QED) is 0.386. The molecule has 144 valence electrons. The number of carbonyl (C=O) groups excluding carboxylic acids is 2. The fraction of sp³-hybridized carbons (Fsp3) is 0.150. The van der Waals surface area contributed by atoms with Crippen LogP contribution in [-0.2, 0) is 14.3 Å². The fourth-order valence-corrected chi connectivity index (χ4v) is 2.81. The molecule has 0 aromatic heterocycles. The van der Waals surface area contributed by atoms with Gasteiger partial charge in [0.25, 0.3) is 0 Å². The number of nitrogens with zero attached hydrogens (tertiary/aromatic N) is 1. The molecule has 1 heterocycles. The van der Waals surface area contributed by atoms with Crippen LogP contribution in [0, 0.1) is 0 Å². The minimum absolute atomic E-state index is 0.149. The number of ether oxygens (including phenoxy) is 4. The average Bonchev–Trinajstić information content (AvgIpc) is 3.03. The number of halogens is 1. The van der Waals surface area contributed by atoms with Gasteiger partial charge in [0, 0.05) is 10.0 Å². The summed E-state index contributed by atoms with van der Waals surface area (Å²) in [6.07, 6.45) is 0.735. The van der Waals surface area contributed by atoms with E-state index in [1.165, 1.54) is 7.11 Å². The Labute approximate surface area is 169 Å². The third-order valence-corrected chi connectivity index (χ3v) is 4.13. The third kappa shape index (κ3) is 4.58. The van der Waals surface area contributed by atoms with Gasteiger partial charge in [0.15, 0.2) is 17.2 Å². The molecule has 0 spiro atoms. The second kappa shape index (κ2) is 8.71. The Morgan fingerprint density at radius 3 is 2.75 bits per heavy atom. The fourth-order valence-electron chi connectivity index (χ4n) is 2.41. The zero-order valence-corrected chi connectivity index (χ0v) is 16.7. The Morgan fingerprint density at radius 2 is 2.04 bits per heavy atom. The van der Waals surface area contributed by atoms with Crippen molar-refractivity contribution in [1.82, 2.24) is 0 Å². The SMILES string of the molecule is CCOC(=O)Oc1ccc(C=C2N=C(c3cccc(Br)c3)OC2=O)cc1OC. The van der Waals surface area contributed by atoms with Crippen molar-refractivity contribution in [3.8, 4) is 11.5 Å². The van der Waals surface area contributed by atoms with Gasteiger partial charge in [0.1, 0.15) is 0 Å². The van der Waals surface area contributed by atoms with Gasteiger partial charge in [-0.1, -0.05) is 28.1 Å². The number of rotatable bonds is 5. The first kappa shape index (κ1) is 19.6. The Bertz CT molecular complexity index is 982. The topological polar surface area (TPSA) is 83.4 Å². The molecule has 0 fully saturated rings. The normalized spacial score (nSPS) is 14.5. The van der Waals surface area contributed by atoms with E-state index in [9.17, 15) is 9.59 Å². The second-order valence-electron chi connectivity index (χ2n) is 5.54. The van der Waals surface area contributed by atoms with Crippen LogP contribution in [0.4, 0.5) is 4.79 Å². The Morgan fingerprint density at radius 1 is 1.21 bits per heavy atom. The van der Waals surface area contributed by atoms with Crippen molar-refractivity contribution in [2.24, 2.45) is 4.99 Å². The van der Waals surface area contributed by atoms with Gasteiger partial charge in [-0.05, 0) is 48.9 Å². The molecule has 0 saturated carbocycles. The lowest BCUT2D eigenvalue weighted by molar-refractivity contribution is -0.129. The third-order valence-electron chi connectivity index (χ3n) is 3.64. The molecule has 2 aromatic rings. The van der Waals surface area contributed by atoms with E-state index in [4.69, 9.17) is 18.9 Å². The number of aliphatic imine (C=N–C) groups is 1. The average molecular weight is 446 g/mol. The largest absolute Gasteiger partial charge is 0.513 e. The number of cyclic esters (lactones) is 1. The summed E-state index contributed by atoms with van der Waals surface area (Å²) in [5, 5.41) is 0. The molecule has 7 nitrogen and oxygen atoms in total. The minimum Gasteiger partial charge on any atom is -0.493 e. The van der Waals surface area contributed by atoms with E-state index in [1.807, 2.05) is 12.1 Å². The van der Waals surface area contributed by atoms with E-state index in [0.29, 0.717) is 16.9 Å². The zero-order valence-electron chi connectivity index (χ0n) is 15.1. The molecule has 28 heavy (non-hydrogen) atoms. The molecule has 0 atom stereocenters. The van der Waals surface area contributed by atoms with Crippen LogP contribution in [0.1, 0.15) is 18.1 Å². The molecule has 2 aromatic carbocycles. The maximum atomic E-state index is 12.2.